The molecule has 0 spiro atoms. The smallest absolute Gasteiger partial charge is 0.395 e. The van der Waals surface area contributed by atoms with E-state index in [1.807, 2.05) is 0 Å². The van der Waals surface area contributed by atoms with Gasteiger partial charge in [0.15, 0.2) is 0 Å². The predicted molar refractivity (Wildman–Crippen MR) is 55.5 cm³/mol. The van der Waals surface area contributed by atoms with Crippen LogP contribution in [0.5, 0.6) is 0 Å². The summed E-state index contributed by atoms with van der Waals surface area (Å²) in [6.07, 6.45) is -5.17. The highest BCUT2D eigenvalue weighted by Gasteiger charge is 2.42. The van der Waals surface area contributed by atoms with E-state index < -0.39 is 30.5 Å². The molecule has 0 aliphatic carbocycles. The van der Waals surface area contributed by atoms with E-state index in [2.05, 4.69) is 0 Å². The minimum absolute atomic E-state index is 0.0247. The van der Waals surface area contributed by atoms with E-state index in [0.29, 0.717) is 0 Å². The molecule has 0 fully saturated rings. The molecule has 0 radical (unpaired) electrons. The number of carboxylic acid groups (broad SMARTS) is 1. The molecule has 2 unspecified atom stereocenters. The Kier molecular flexibility index (Phi) is 4.11. The average molecular weight is 247 g/mol. The zero-order valence-electron chi connectivity index (χ0n) is 8.82. The van der Waals surface area contributed by atoms with Crippen molar-refractivity contribution in [3.63, 3.8) is 0 Å². The van der Waals surface area contributed by atoms with Crippen LogP contribution in [0, 0.1) is 0 Å². The minimum atomic E-state index is -4.51. The quantitative estimate of drug-likeness (QED) is 0.856. The Bertz CT molecular complexity index is 378. The van der Waals surface area contributed by atoms with Gasteiger partial charge in [0.2, 0.25) is 0 Å². The molecule has 3 N–H and O–H groups in total. The molecule has 2 atom stereocenters. The summed E-state index contributed by atoms with van der Waals surface area (Å²) in [6.45, 7) is 0. The fraction of sp³-hybridized carbons (Fsp3) is 0.364. The number of hydrogen-bond acceptors (Lipinski definition) is 2. The normalized spacial score (nSPS) is 15.3. The lowest BCUT2D eigenvalue weighted by Gasteiger charge is -2.22. The lowest BCUT2D eigenvalue weighted by atomic mass is 9.92. The molecular weight excluding hydrogens is 235 g/mol. The van der Waals surface area contributed by atoms with Crippen molar-refractivity contribution in [1.82, 2.24) is 0 Å². The lowest BCUT2D eigenvalue weighted by Crippen LogP contribution is -2.35. The van der Waals surface area contributed by atoms with E-state index in [4.69, 9.17) is 10.8 Å². The Morgan fingerprint density at radius 1 is 1.29 bits per heavy atom. The third-order valence-electron chi connectivity index (χ3n) is 2.40. The molecule has 1 aromatic rings. The van der Waals surface area contributed by atoms with Crippen LogP contribution in [0.4, 0.5) is 13.2 Å². The van der Waals surface area contributed by atoms with Gasteiger partial charge in [-0.25, -0.2) is 0 Å². The SMILES string of the molecule is NC(CC(c1ccccc1)C(F)(F)F)C(=O)O. The van der Waals surface area contributed by atoms with Gasteiger partial charge in [0.25, 0.3) is 0 Å². The molecule has 0 heterocycles. The van der Waals surface area contributed by atoms with Crippen LogP contribution in [-0.4, -0.2) is 23.3 Å². The lowest BCUT2D eigenvalue weighted by molar-refractivity contribution is -0.156. The first-order valence-corrected chi connectivity index (χ1v) is 4.92. The van der Waals surface area contributed by atoms with Crippen molar-refractivity contribution >= 4 is 5.97 Å². The second kappa shape index (κ2) is 5.18. The van der Waals surface area contributed by atoms with Gasteiger partial charge in [0, 0.05) is 0 Å². The van der Waals surface area contributed by atoms with Gasteiger partial charge in [0.1, 0.15) is 6.04 Å². The summed E-state index contributed by atoms with van der Waals surface area (Å²) in [5.74, 6) is -3.29. The summed E-state index contributed by atoms with van der Waals surface area (Å²) >= 11 is 0. The van der Waals surface area contributed by atoms with Crippen molar-refractivity contribution in [2.45, 2.75) is 24.6 Å². The summed E-state index contributed by atoms with van der Waals surface area (Å²) in [5.41, 5.74) is 5.18. The molecule has 3 nitrogen and oxygen atoms in total. The average Bonchev–Trinajstić information content (AvgIpc) is 2.25. The molecule has 0 amide bonds. The van der Waals surface area contributed by atoms with Crippen molar-refractivity contribution < 1.29 is 23.1 Å². The Balaban J connectivity index is 2.94. The van der Waals surface area contributed by atoms with Crippen molar-refractivity contribution in [3.8, 4) is 0 Å². The van der Waals surface area contributed by atoms with Gasteiger partial charge in [-0.3, -0.25) is 4.79 Å². The highest BCUT2D eigenvalue weighted by Crippen LogP contribution is 2.37. The van der Waals surface area contributed by atoms with Gasteiger partial charge < -0.3 is 10.8 Å². The van der Waals surface area contributed by atoms with Crippen LogP contribution in [0.25, 0.3) is 0 Å². The summed E-state index contributed by atoms with van der Waals surface area (Å²) in [7, 11) is 0. The van der Waals surface area contributed by atoms with Crippen LogP contribution < -0.4 is 5.73 Å². The zero-order valence-corrected chi connectivity index (χ0v) is 8.82. The number of carboxylic acids is 1. The Hall–Kier alpha value is -1.56. The molecule has 0 aliphatic rings. The molecule has 17 heavy (non-hydrogen) atoms. The fourth-order valence-electron chi connectivity index (χ4n) is 1.50. The first kappa shape index (κ1) is 13.5. The zero-order chi connectivity index (χ0) is 13.1. The van der Waals surface area contributed by atoms with Gasteiger partial charge in [-0.2, -0.15) is 13.2 Å². The standard InChI is InChI=1S/C11H12F3NO2/c12-11(13,14)8(6-9(15)10(16)17)7-4-2-1-3-5-7/h1-5,8-9H,6,15H2,(H,16,17). The van der Waals surface area contributed by atoms with Crippen molar-refractivity contribution in [3.05, 3.63) is 35.9 Å². The molecule has 0 saturated heterocycles. The van der Waals surface area contributed by atoms with Crippen LogP contribution in [0.2, 0.25) is 0 Å². The van der Waals surface area contributed by atoms with Gasteiger partial charge in [-0.15, -0.1) is 0 Å². The molecule has 0 saturated carbocycles. The van der Waals surface area contributed by atoms with Gasteiger partial charge in [0.05, 0.1) is 5.92 Å². The first-order chi connectivity index (χ1) is 7.82. The number of aliphatic carboxylic acids is 1. The predicted octanol–water partition coefficient (Wildman–Crippen LogP) is 2.13. The van der Waals surface area contributed by atoms with Crippen LogP contribution in [0.3, 0.4) is 0 Å². The number of halogens is 3. The molecule has 6 heteroatoms. The molecule has 1 aromatic carbocycles. The Labute approximate surface area is 96.0 Å². The van der Waals surface area contributed by atoms with E-state index in [-0.39, 0.29) is 5.56 Å². The van der Waals surface area contributed by atoms with Gasteiger partial charge in [-0.1, -0.05) is 30.3 Å². The van der Waals surface area contributed by atoms with Crippen LogP contribution in [-0.2, 0) is 4.79 Å². The number of nitrogens with two attached hydrogens (primary N) is 1. The van der Waals surface area contributed by atoms with Crippen molar-refractivity contribution in [2.24, 2.45) is 5.73 Å². The topological polar surface area (TPSA) is 63.3 Å². The molecule has 94 valence electrons. The third kappa shape index (κ3) is 3.74. The summed E-state index contributed by atoms with van der Waals surface area (Å²) in [5, 5.41) is 8.55. The van der Waals surface area contributed by atoms with E-state index in [9.17, 15) is 18.0 Å². The number of benzene rings is 1. The van der Waals surface area contributed by atoms with Gasteiger partial charge in [-0.05, 0) is 12.0 Å². The fourth-order valence-corrected chi connectivity index (χ4v) is 1.50. The summed E-state index contributed by atoms with van der Waals surface area (Å²) in [6, 6.07) is 5.63. The monoisotopic (exact) mass is 247 g/mol. The largest absolute Gasteiger partial charge is 0.480 e. The number of rotatable bonds is 4. The minimum Gasteiger partial charge on any atom is -0.480 e. The Morgan fingerprint density at radius 3 is 2.24 bits per heavy atom. The van der Waals surface area contributed by atoms with E-state index in [1.54, 1.807) is 6.07 Å². The Morgan fingerprint density at radius 2 is 1.82 bits per heavy atom. The molecule has 0 aromatic heterocycles. The highest BCUT2D eigenvalue weighted by molar-refractivity contribution is 5.73. The van der Waals surface area contributed by atoms with E-state index in [0.717, 1.165) is 0 Å². The van der Waals surface area contributed by atoms with Crippen LogP contribution in [0.15, 0.2) is 30.3 Å². The summed E-state index contributed by atoms with van der Waals surface area (Å²) in [4.78, 5) is 10.5. The molecule has 0 bridgehead atoms. The molecule has 1 rings (SSSR count). The number of carbonyl (C=O) groups is 1. The van der Waals surface area contributed by atoms with E-state index >= 15 is 0 Å². The van der Waals surface area contributed by atoms with E-state index in [1.165, 1.54) is 24.3 Å². The highest BCUT2D eigenvalue weighted by atomic mass is 19.4. The van der Waals surface area contributed by atoms with Crippen molar-refractivity contribution in [2.75, 3.05) is 0 Å². The molecular formula is C11H12F3NO2. The number of alkyl halides is 3. The summed E-state index contributed by atoms with van der Waals surface area (Å²) < 4.78 is 38.3. The maximum absolute atomic E-state index is 12.8. The maximum atomic E-state index is 12.8. The van der Waals surface area contributed by atoms with Crippen molar-refractivity contribution in [1.29, 1.82) is 0 Å². The van der Waals surface area contributed by atoms with Crippen LogP contribution >= 0.6 is 0 Å². The molecule has 0 aliphatic heterocycles. The third-order valence-corrected chi connectivity index (χ3v) is 2.40. The second-order valence-corrected chi connectivity index (χ2v) is 3.69. The maximum Gasteiger partial charge on any atom is 0.395 e. The van der Waals surface area contributed by atoms with Crippen LogP contribution in [0.1, 0.15) is 17.9 Å². The number of hydrogen-bond donors (Lipinski definition) is 2. The van der Waals surface area contributed by atoms with Gasteiger partial charge >= 0.3 is 12.1 Å². The first-order valence-electron chi connectivity index (χ1n) is 4.92. The second-order valence-electron chi connectivity index (χ2n) is 3.69.